The molecule has 0 aliphatic carbocycles. The Morgan fingerprint density at radius 3 is 2.89 bits per heavy atom. The van der Waals surface area contributed by atoms with Crippen molar-refractivity contribution in [2.24, 2.45) is 0 Å². The molecule has 1 fully saturated rings. The Labute approximate surface area is 109 Å². The molecule has 3 heteroatoms. The lowest BCUT2D eigenvalue weighted by Gasteiger charge is -2.37. The van der Waals surface area contributed by atoms with Crippen molar-refractivity contribution in [1.82, 2.24) is 0 Å². The molecule has 3 nitrogen and oxygen atoms in total. The van der Waals surface area contributed by atoms with Gasteiger partial charge in [0, 0.05) is 24.2 Å². The van der Waals surface area contributed by atoms with Crippen molar-refractivity contribution in [3.63, 3.8) is 0 Å². The van der Waals surface area contributed by atoms with E-state index in [1.165, 1.54) is 0 Å². The van der Waals surface area contributed by atoms with Gasteiger partial charge in [-0.25, -0.2) is 0 Å². The van der Waals surface area contributed by atoms with Crippen LogP contribution in [0, 0.1) is 0 Å². The number of nitrogens with zero attached hydrogens (tertiary/aromatic N) is 1. The second-order valence-electron chi connectivity index (χ2n) is 4.62. The van der Waals surface area contributed by atoms with Gasteiger partial charge in [0.2, 0.25) is 0 Å². The van der Waals surface area contributed by atoms with Crippen molar-refractivity contribution in [3.05, 3.63) is 29.8 Å². The quantitative estimate of drug-likeness (QED) is 0.766. The molecule has 0 amide bonds. The number of hydrogen-bond donors (Lipinski definition) is 0. The largest absolute Gasteiger partial charge is 0.377 e. The Balaban J connectivity index is 2.33. The van der Waals surface area contributed by atoms with Crippen molar-refractivity contribution in [2.75, 3.05) is 24.7 Å². The lowest BCUT2D eigenvalue weighted by Crippen LogP contribution is -2.45. The Kier molecular flexibility index (Phi) is 4.37. The summed E-state index contributed by atoms with van der Waals surface area (Å²) in [4.78, 5) is 14.3. The van der Waals surface area contributed by atoms with E-state index in [4.69, 9.17) is 4.74 Å². The van der Waals surface area contributed by atoms with Gasteiger partial charge in [0.1, 0.15) is 0 Å². The van der Waals surface area contributed by atoms with Crippen molar-refractivity contribution in [3.8, 4) is 0 Å². The summed E-state index contributed by atoms with van der Waals surface area (Å²) in [5.74, 6) is 0.215. The highest BCUT2D eigenvalue weighted by atomic mass is 16.5. The third-order valence-corrected chi connectivity index (χ3v) is 3.53. The molecule has 0 bridgehead atoms. The van der Waals surface area contributed by atoms with Crippen LogP contribution in [0.25, 0.3) is 0 Å². The molecule has 1 aromatic carbocycles. The average molecular weight is 247 g/mol. The molecule has 1 unspecified atom stereocenters. The summed E-state index contributed by atoms with van der Waals surface area (Å²) < 4.78 is 5.52. The van der Waals surface area contributed by atoms with E-state index in [9.17, 15) is 4.79 Å². The van der Waals surface area contributed by atoms with Gasteiger partial charge < -0.3 is 9.64 Å². The van der Waals surface area contributed by atoms with E-state index in [1.807, 2.05) is 25.1 Å². The normalized spacial score (nSPS) is 19.9. The molecule has 0 saturated carbocycles. The highest BCUT2D eigenvalue weighted by molar-refractivity contribution is 6.01. The van der Waals surface area contributed by atoms with Crippen LogP contribution >= 0.6 is 0 Å². The fraction of sp³-hybridized carbons (Fsp3) is 0.533. The molecule has 1 heterocycles. The Hall–Kier alpha value is -1.35. The zero-order chi connectivity index (χ0) is 13.0. The molecule has 18 heavy (non-hydrogen) atoms. The number of morpholine rings is 1. The highest BCUT2D eigenvalue weighted by Crippen LogP contribution is 2.26. The maximum atomic E-state index is 12.0. The number of Topliss-reactive ketones (excluding diaryl/α,β-unsaturated/α-hetero) is 1. The van der Waals surface area contributed by atoms with E-state index >= 15 is 0 Å². The number of hydrogen-bond acceptors (Lipinski definition) is 3. The molecule has 0 aromatic heterocycles. The lowest BCUT2D eigenvalue weighted by atomic mass is 10.0. The van der Waals surface area contributed by atoms with Crippen LogP contribution in [0.2, 0.25) is 0 Å². The third-order valence-electron chi connectivity index (χ3n) is 3.53. The molecule has 2 rings (SSSR count). The number of rotatable bonds is 4. The maximum absolute atomic E-state index is 12.0. The standard InChI is InChI=1S/C15H21NO2/c1-3-12-11-18-10-9-16(12)14-8-6-5-7-13(14)15(17)4-2/h5-8,12H,3-4,9-11H2,1-2H3. The first-order chi connectivity index (χ1) is 8.77. The van der Waals surface area contributed by atoms with Gasteiger partial charge in [-0.15, -0.1) is 0 Å². The van der Waals surface area contributed by atoms with Crippen LogP contribution in [0.1, 0.15) is 37.0 Å². The summed E-state index contributed by atoms with van der Waals surface area (Å²) in [6.45, 7) is 6.44. The van der Waals surface area contributed by atoms with Crippen LogP contribution in [0.4, 0.5) is 5.69 Å². The molecule has 1 aliphatic rings. The van der Waals surface area contributed by atoms with E-state index in [1.54, 1.807) is 0 Å². The first kappa shape index (κ1) is 13.1. The second-order valence-corrected chi connectivity index (χ2v) is 4.62. The zero-order valence-electron chi connectivity index (χ0n) is 11.2. The molecule has 1 saturated heterocycles. The minimum absolute atomic E-state index is 0.215. The second kappa shape index (κ2) is 6.01. The number of carbonyl (C=O) groups excluding carboxylic acids is 1. The molecular weight excluding hydrogens is 226 g/mol. The SMILES string of the molecule is CCC(=O)c1ccccc1N1CCOCC1CC. The van der Waals surface area contributed by atoms with Crippen LogP contribution in [-0.2, 0) is 4.74 Å². The molecule has 1 atom stereocenters. The van der Waals surface area contributed by atoms with Crippen molar-refractivity contribution in [2.45, 2.75) is 32.7 Å². The number of ether oxygens (including phenoxy) is 1. The summed E-state index contributed by atoms with van der Waals surface area (Å²) in [6.07, 6.45) is 1.59. The maximum Gasteiger partial charge on any atom is 0.164 e. The van der Waals surface area contributed by atoms with Gasteiger partial charge in [0.15, 0.2) is 5.78 Å². The van der Waals surface area contributed by atoms with Gasteiger partial charge in [-0.2, -0.15) is 0 Å². The minimum atomic E-state index is 0.215. The Bertz CT molecular complexity index is 417. The van der Waals surface area contributed by atoms with Crippen LogP contribution in [0.5, 0.6) is 0 Å². The Morgan fingerprint density at radius 2 is 2.17 bits per heavy atom. The summed E-state index contributed by atoms with van der Waals surface area (Å²) in [5.41, 5.74) is 1.92. The van der Waals surface area contributed by atoms with Crippen LogP contribution in [0.15, 0.2) is 24.3 Å². The van der Waals surface area contributed by atoms with Gasteiger partial charge >= 0.3 is 0 Å². The lowest BCUT2D eigenvalue weighted by molar-refractivity contribution is 0.0920. The minimum Gasteiger partial charge on any atom is -0.377 e. The molecule has 0 spiro atoms. The zero-order valence-corrected chi connectivity index (χ0v) is 11.2. The number of benzene rings is 1. The van der Waals surface area contributed by atoms with Gasteiger partial charge in [0.05, 0.1) is 19.3 Å². The smallest absolute Gasteiger partial charge is 0.164 e. The van der Waals surface area contributed by atoms with Gasteiger partial charge in [0.25, 0.3) is 0 Å². The van der Waals surface area contributed by atoms with Gasteiger partial charge in [-0.1, -0.05) is 26.0 Å². The number of ketones is 1. The summed E-state index contributed by atoms with van der Waals surface area (Å²) in [7, 11) is 0. The van der Waals surface area contributed by atoms with Crippen LogP contribution < -0.4 is 4.90 Å². The highest BCUT2D eigenvalue weighted by Gasteiger charge is 2.24. The fourth-order valence-corrected chi connectivity index (χ4v) is 2.46. The number of carbonyl (C=O) groups is 1. The van der Waals surface area contributed by atoms with Crippen molar-refractivity contribution >= 4 is 11.5 Å². The van der Waals surface area contributed by atoms with E-state index < -0.39 is 0 Å². The Morgan fingerprint density at radius 1 is 1.39 bits per heavy atom. The molecule has 1 aliphatic heterocycles. The van der Waals surface area contributed by atoms with E-state index in [-0.39, 0.29) is 5.78 Å². The number of anilines is 1. The predicted molar refractivity (Wildman–Crippen MR) is 73.3 cm³/mol. The first-order valence-electron chi connectivity index (χ1n) is 6.74. The van der Waals surface area contributed by atoms with Crippen molar-refractivity contribution in [1.29, 1.82) is 0 Å². The number of para-hydroxylation sites is 1. The molecular formula is C15H21NO2. The van der Waals surface area contributed by atoms with Crippen molar-refractivity contribution < 1.29 is 9.53 Å². The van der Waals surface area contributed by atoms with E-state index in [0.29, 0.717) is 12.5 Å². The molecule has 98 valence electrons. The predicted octanol–water partition coefficient (Wildman–Crippen LogP) is 2.89. The van der Waals surface area contributed by atoms with E-state index in [2.05, 4.69) is 17.9 Å². The molecule has 1 aromatic rings. The summed E-state index contributed by atoms with van der Waals surface area (Å²) in [5, 5.41) is 0. The fourth-order valence-electron chi connectivity index (χ4n) is 2.46. The topological polar surface area (TPSA) is 29.5 Å². The third kappa shape index (κ3) is 2.56. The first-order valence-corrected chi connectivity index (χ1v) is 6.74. The van der Waals surface area contributed by atoms with E-state index in [0.717, 1.165) is 37.4 Å². The van der Waals surface area contributed by atoms with Crippen LogP contribution in [0.3, 0.4) is 0 Å². The average Bonchev–Trinajstić information content (AvgIpc) is 2.46. The van der Waals surface area contributed by atoms with Crippen LogP contribution in [-0.4, -0.2) is 31.6 Å². The monoisotopic (exact) mass is 247 g/mol. The molecule has 0 radical (unpaired) electrons. The van der Waals surface area contributed by atoms with Gasteiger partial charge in [-0.3, -0.25) is 4.79 Å². The summed E-state index contributed by atoms with van der Waals surface area (Å²) in [6, 6.07) is 8.31. The molecule has 0 N–H and O–H groups in total. The summed E-state index contributed by atoms with van der Waals surface area (Å²) >= 11 is 0. The van der Waals surface area contributed by atoms with Gasteiger partial charge in [-0.05, 0) is 18.6 Å².